The number of anilines is 1. The van der Waals surface area contributed by atoms with Crippen molar-refractivity contribution >= 4 is 38.3 Å². The van der Waals surface area contributed by atoms with Gasteiger partial charge in [0.05, 0.1) is 26.0 Å². The average molecular weight is 318 g/mol. The van der Waals surface area contributed by atoms with Gasteiger partial charge in [-0.1, -0.05) is 0 Å². The summed E-state index contributed by atoms with van der Waals surface area (Å²) in [7, 11) is -0.527. The molecule has 0 saturated carbocycles. The Hall–Kier alpha value is -1.80. The minimum Gasteiger partial charge on any atom is -0.493 e. The maximum absolute atomic E-state index is 11.4. The Balaban J connectivity index is 2.74. The van der Waals surface area contributed by atoms with Crippen LogP contribution in [0.1, 0.15) is 0 Å². The molecule has 0 radical (unpaired) electrons. The van der Waals surface area contributed by atoms with Gasteiger partial charge in [-0.2, -0.15) is 4.98 Å². The van der Waals surface area contributed by atoms with Gasteiger partial charge in [0, 0.05) is 11.5 Å². The molecule has 1 N–H and O–H groups in total. The number of benzene rings is 1. The van der Waals surface area contributed by atoms with Gasteiger partial charge in [-0.3, -0.25) is 4.72 Å². The maximum atomic E-state index is 11.4. The lowest BCUT2D eigenvalue weighted by Gasteiger charge is -2.11. The molecule has 0 bridgehead atoms. The third-order valence-corrected chi connectivity index (χ3v) is 3.19. The Morgan fingerprint density at radius 2 is 1.75 bits per heavy atom. The molecule has 7 nitrogen and oxygen atoms in total. The van der Waals surface area contributed by atoms with E-state index in [0.29, 0.717) is 22.4 Å². The van der Waals surface area contributed by atoms with E-state index < -0.39 is 10.0 Å². The van der Waals surface area contributed by atoms with E-state index in [1.54, 1.807) is 12.1 Å². The van der Waals surface area contributed by atoms with E-state index in [1.165, 1.54) is 14.2 Å². The van der Waals surface area contributed by atoms with Crippen molar-refractivity contribution in [1.82, 2.24) is 9.97 Å². The summed E-state index contributed by atoms with van der Waals surface area (Å²) in [6, 6.07) is 3.17. The molecule has 1 aromatic carbocycles. The zero-order chi connectivity index (χ0) is 14.9. The Morgan fingerprint density at radius 3 is 2.30 bits per heavy atom. The molecule has 0 saturated heterocycles. The SMILES string of the molecule is COc1cc2nc(Cl)nc(NS(C)(=O)=O)c2cc1OC. The maximum Gasteiger partial charge on any atom is 0.230 e. The smallest absolute Gasteiger partial charge is 0.230 e. The van der Waals surface area contributed by atoms with Gasteiger partial charge in [-0.05, 0) is 17.7 Å². The standard InChI is InChI=1S/C11H12ClN3O4S/c1-18-8-4-6-7(5-9(8)19-2)13-11(12)14-10(6)15-20(3,16)17/h4-5H,1-3H3,(H,13,14,15). The molecular formula is C11H12ClN3O4S. The summed E-state index contributed by atoms with van der Waals surface area (Å²) in [5.41, 5.74) is 0.439. The minimum atomic E-state index is -3.49. The molecular weight excluding hydrogens is 306 g/mol. The fourth-order valence-corrected chi connectivity index (χ4v) is 2.36. The Morgan fingerprint density at radius 1 is 1.15 bits per heavy atom. The number of nitrogens with zero attached hydrogens (tertiary/aromatic N) is 2. The van der Waals surface area contributed by atoms with Gasteiger partial charge in [-0.25, -0.2) is 13.4 Å². The first-order valence-electron chi connectivity index (χ1n) is 5.41. The van der Waals surface area contributed by atoms with Crippen LogP contribution in [0.2, 0.25) is 5.28 Å². The summed E-state index contributed by atoms with van der Waals surface area (Å²) < 4.78 is 35.3. The van der Waals surface area contributed by atoms with Gasteiger partial charge in [0.15, 0.2) is 17.3 Å². The number of hydrogen-bond acceptors (Lipinski definition) is 6. The number of rotatable bonds is 4. The van der Waals surface area contributed by atoms with E-state index in [0.717, 1.165) is 6.26 Å². The quantitative estimate of drug-likeness (QED) is 0.863. The third-order valence-electron chi connectivity index (χ3n) is 2.46. The van der Waals surface area contributed by atoms with Gasteiger partial charge in [0.2, 0.25) is 15.3 Å². The molecule has 0 amide bonds. The fourth-order valence-electron chi connectivity index (χ4n) is 1.68. The highest BCUT2D eigenvalue weighted by Crippen LogP contribution is 2.34. The van der Waals surface area contributed by atoms with Gasteiger partial charge < -0.3 is 9.47 Å². The number of ether oxygens (including phenoxy) is 2. The summed E-state index contributed by atoms with van der Waals surface area (Å²) in [6.07, 6.45) is 1.02. The molecule has 108 valence electrons. The predicted molar refractivity (Wildman–Crippen MR) is 76.1 cm³/mol. The van der Waals surface area contributed by atoms with E-state index in [4.69, 9.17) is 21.1 Å². The van der Waals surface area contributed by atoms with Crippen molar-refractivity contribution in [2.45, 2.75) is 0 Å². The lowest BCUT2D eigenvalue weighted by Crippen LogP contribution is -2.11. The molecule has 0 aliphatic heterocycles. The summed E-state index contributed by atoms with van der Waals surface area (Å²) in [5.74, 6) is 0.978. The first-order valence-corrected chi connectivity index (χ1v) is 7.68. The lowest BCUT2D eigenvalue weighted by molar-refractivity contribution is 0.356. The molecule has 1 heterocycles. The molecule has 0 unspecified atom stereocenters. The van der Waals surface area contributed by atoms with Crippen molar-refractivity contribution < 1.29 is 17.9 Å². The first kappa shape index (κ1) is 14.6. The summed E-state index contributed by atoms with van der Waals surface area (Å²) >= 11 is 5.79. The van der Waals surface area contributed by atoms with Gasteiger partial charge >= 0.3 is 0 Å². The highest BCUT2D eigenvalue weighted by atomic mass is 35.5. The molecule has 0 aliphatic carbocycles. The van der Waals surface area contributed by atoms with E-state index in [-0.39, 0.29) is 11.1 Å². The van der Waals surface area contributed by atoms with Crippen LogP contribution in [-0.2, 0) is 10.0 Å². The van der Waals surface area contributed by atoms with Crippen molar-refractivity contribution in [3.63, 3.8) is 0 Å². The summed E-state index contributed by atoms with van der Waals surface area (Å²) in [4.78, 5) is 7.92. The van der Waals surface area contributed by atoms with Gasteiger partial charge in [0.1, 0.15) is 0 Å². The first-order chi connectivity index (χ1) is 9.34. The third kappa shape index (κ3) is 3.02. The molecule has 2 rings (SSSR count). The molecule has 0 aliphatic rings. The second-order valence-corrected chi connectivity index (χ2v) is 6.03. The Bertz CT molecular complexity index is 764. The molecule has 0 atom stereocenters. The van der Waals surface area contributed by atoms with Crippen molar-refractivity contribution in [1.29, 1.82) is 0 Å². The lowest BCUT2D eigenvalue weighted by atomic mass is 10.2. The van der Waals surface area contributed by atoms with E-state index in [9.17, 15) is 8.42 Å². The molecule has 2 aromatic rings. The van der Waals surface area contributed by atoms with Crippen LogP contribution in [-0.4, -0.2) is 38.9 Å². The van der Waals surface area contributed by atoms with E-state index in [1.807, 2.05) is 0 Å². The largest absolute Gasteiger partial charge is 0.493 e. The highest BCUT2D eigenvalue weighted by Gasteiger charge is 2.14. The van der Waals surface area contributed by atoms with E-state index >= 15 is 0 Å². The number of halogens is 1. The normalized spacial score (nSPS) is 11.4. The van der Waals surface area contributed by atoms with Crippen LogP contribution in [0, 0.1) is 0 Å². The van der Waals surface area contributed by atoms with Crippen LogP contribution >= 0.6 is 11.6 Å². The number of sulfonamides is 1. The Kier molecular flexibility index (Phi) is 3.87. The topological polar surface area (TPSA) is 90.4 Å². The fraction of sp³-hybridized carbons (Fsp3) is 0.273. The molecule has 0 spiro atoms. The van der Waals surface area contributed by atoms with Gasteiger partial charge in [0.25, 0.3) is 0 Å². The molecule has 20 heavy (non-hydrogen) atoms. The van der Waals surface area contributed by atoms with Crippen LogP contribution in [0.5, 0.6) is 11.5 Å². The second-order valence-electron chi connectivity index (χ2n) is 3.94. The van der Waals surface area contributed by atoms with Crippen LogP contribution in [0.4, 0.5) is 5.82 Å². The highest BCUT2D eigenvalue weighted by molar-refractivity contribution is 7.92. The number of hydrogen-bond donors (Lipinski definition) is 1. The van der Waals surface area contributed by atoms with Crippen molar-refractivity contribution in [3.8, 4) is 11.5 Å². The minimum absolute atomic E-state index is 0.0733. The average Bonchev–Trinajstić information content (AvgIpc) is 2.35. The van der Waals surface area contributed by atoms with Crippen LogP contribution in [0.15, 0.2) is 12.1 Å². The van der Waals surface area contributed by atoms with Crippen molar-refractivity contribution in [2.24, 2.45) is 0 Å². The van der Waals surface area contributed by atoms with Crippen molar-refractivity contribution in [3.05, 3.63) is 17.4 Å². The second kappa shape index (κ2) is 5.29. The zero-order valence-electron chi connectivity index (χ0n) is 11.0. The number of nitrogens with one attached hydrogen (secondary N) is 1. The Labute approximate surface area is 120 Å². The van der Waals surface area contributed by atoms with Gasteiger partial charge in [-0.15, -0.1) is 0 Å². The molecule has 1 aromatic heterocycles. The van der Waals surface area contributed by atoms with Crippen molar-refractivity contribution in [2.75, 3.05) is 25.2 Å². The van der Waals surface area contributed by atoms with Crippen LogP contribution in [0.25, 0.3) is 10.9 Å². The summed E-state index contributed by atoms with van der Waals surface area (Å²) in [5, 5.41) is 0.383. The summed E-state index contributed by atoms with van der Waals surface area (Å²) in [6.45, 7) is 0. The van der Waals surface area contributed by atoms with E-state index in [2.05, 4.69) is 14.7 Å². The predicted octanol–water partition coefficient (Wildman–Crippen LogP) is 1.67. The number of methoxy groups -OCH3 is 2. The monoisotopic (exact) mass is 317 g/mol. The number of fused-ring (bicyclic) bond motifs is 1. The molecule has 9 heteroatoms. The molecule has 0 fully saturated rings. The van der Waals surface area contributed by atoms with Crippen LogP contribution < -0.4 is 14.2 Å². The van der Waals surface area contributed by atoms with Crippen LogP contribution in [0.3, 0.4) is 0 Å². The number of aromatic nitrogens is 2. The zero-order valence-corrected chi connectivity index (χ0v) is 12.5.